The van der Waals surface area contributed by atoms with Crippen LogP contribution in [-0.2, 0) is 5.60 Å². The van der Waals surface area contributed by atoms with Gasteiger partial charge in [-0.3, -0.25) is 4.98 Å². The molecule has 88 valence electrons. The Bertz CT molecular complexity index is 546. The number of hydrogen-bond donors (Lipinski definition) is 1. The fourth-order valence-electron chi connectivity index (χ4n) is 3.03. The van der Waals surface area contributed by atoms with Gasteiger partial charge in [0.1, 0.15) is 0 Å². The normalized spacial score (nSPS) is 28.7. The van der Waals surface area contributed by atoms with Crippen LogP contribution in [0.4, 0.5) is 0 Å². The lowest BCUT2D eigenvalue weighted by atomic mass is 9.88. The van der Waals surface area contributed by atoms with Crippen LogP contribution in [0.5, 0.6) is 0 Å². The molecule has 0 aliphatic heterocycles. The molecule has 2 nitrogen and oxygen atoms in total. The molecule has 1 fully saturated rings. The highest BCUT2D eigenvalue weighted by Gasteiger charge is 2.37. The number of pyridine rings is 1. The lowest BCUT2D eigenvalue weighted by molar-refractivity contribution is 0.0423. The van der Waals surface area contributed by atoms with Crippen LogP contribution in [0.2, 0.25) is 0 Å². The Labute approximate surface area is 101 Å². The molecule has 3 rings (SSSR count). The molecule has 0 bridgehead atoms. The number of benzene rings is 1. The van der Waals surface area contributed by atoms with Crippen LogP contribution < -0.4 is 0 Å². The summed E-state index contributed by atoms with van der Waals surface area (Å²) in [5.74, 6) is 0.604. The van der Waals surface area contributed by atoms with Crippen molar-refractivity contribution in [2.24, 2.45) is 5.92 Å². The van der Waals surface area contributed by atoms with Gasteiger partial charge < -0.3 is 5.11 Å². The van der Waals surface area contributed by atoms with E-state index in [0.29, 0.717) is 5.92 Å². The summed E-state index contributed by atoms with van der Waals surface area (Å²) >= 11 is 0. The van der Waals surface area contributed by atoms with Crippen LogP contribution in [-0.4, -0.2) is 10.1 Å². The van der Waals surface area contributed by atoms with Crippen molar-refractivity contribution in [2.75, 3.05) is 0 Å². The highest BCUT2D eigenvalue weighted by molar-refractivity contribution is 5.85. The van der Waals surface area contributed by atoms with Gasteiger partial charge in [-0.2, -0.15) is 0 Å². The molecule has 1 N–H and O–H groups in total. The van der Waals surface area contributed by atoms with E-state index in [-0.39, 0.29) is 0 Å². The first-order valence-corrected chi connectivity index (χ1v) is 6.25. The van der Waals surface area contributed by atoms with Crippen LogP contribution >= 0.6 is 0 Å². The predicted octanol–water partition coefficient (Wildman–Crippen LogP) is 3.24. The van der Waals surface area contributed by atoms with Gasteiger partial charge in [0, 0.05) is 17.8 Å². The van der Waals surface area contributed by atoms with Crippen LogP contribution in [0.3, 0.4) is 0 Å². The molecule has 2 atom stereocenters. The Kier molecular flexibility index (Phi) is 2.40. The zero-order valence-electron chi connectivity index (χ0n) is 10.1. The number of nitrogens with zero attached hydrogens (tertiary/aromatic N) is 1. The van der Waals surface area contributed by atoms with Crippen molar-refractivity contribution in [1.82, 2.24) is 4.98 Å². The largest absolute Gasteiger partial charge is 0.385 e. The predicted molar refractivity (Wildman–Crippen MR) is 68.7 cm³/mol. The maximum atomic E-state index is 10.8. The van der Waals surface area contributed by atoms with Gasteiger partial charge in [0.05, 0.1) is 5.60 Å². The second kappa shape index (κ2) is 3.81. The average Bonchev–Trinajstić information content (AvgIpc) is 2.70. The lowest BCUT2D eigenvalue weighted by Gasteiger charge is -2.24. The molecule has 17 heavy (non-hydrogen) atoms. The van der Waals surface area contributed by atoms with Crippen molar-refractivity contribution in [3.63, 3.8) is 0 Å². The Morgan fingerprint density at radius 3 is 3.00 bits per heavy atom. The standard InChI is InChI=1S/C15H17NO/c1-11-5-7-15(17,9-11)14-4-2-3-12-6-8-16-10-13(12)14/h2-4,6,8,10-11,17H,5,7,9H2,1H3. The molecule has 1 heterocycles. The summed E-state index contributed by atoms with van der Waals surface area (Å²) in [4.78, 5) is 4.18. The third-order valence-corrected chi connectivity index (χ3v) is 3.92. The highest BCUT2D eigenvalue weighted by Crippen LogP contribution is 2.43. The van der Waals surface area contributed by atoms with E-state index >= 15 is 0 Å². The summed E-state index contributed by atoms with van der Waals surface area (Å²) in [5.41, 5.74) is 0.398. The fourth-order valence-corrected chi connectivity index (χ4v) is 3.03. The summed E-state index contributed by atoms with van der Waals surface area (Å²) in [5, 5.41) is 13.1. The molecule has 2 unspecified atom stereocenters. The third-order valence-electron chi connectivity index (χ3n) is 3.92. The van der Waals surface area contributed by atoms with E-state index in [1.165, 1.54) is 0 Å². The first kappa shape index (κ1) is 10.7. The van der Waals surface area contributed by atoms with Crippen molar-refractivity contribution in [1.29, 1.82) is 0 Å². The first-order valence-electron chi connectivity index (χ1n) is 6.25. The van der Waals surface area contributed by atoms with Gasteiger partial charge in [0.2, 0.25) is 0 Å². The second-order valence-corrected chi connectivity index (χ2v) is 5.28. The summed E-state index contributed by atoms with van der Waals surface area (Å²) in [7, 11) is 0. The molecule has 0 spiro atoms. The Hall–Kier alpha value is -1.41. The summed E-state index contributed by atoms with van der Waals surface area (Å²) in [6, 6.07) is 8.14. The molecule has 1 aliphatic rings. The van der Waals surface area contributed by atoms with Crippen molar-refractivity contribution in [3.05, 3.63) is 42.2 Å². The van der Waals surface area contributed by atoms with Crippen molar-refractivity contribution >= 4 is 10.8 Å². The van der Waals surface area contributed by atoms with E-state index in [1.54, 1.807) is 6.20 Å². The quantitative estimate of drug-likeness (QED) is 0.811. The van der Waals surface area contributed by atoms with E-state index in [1.807, 2.05) is 24.4 Å². The summed E-state index contributed by atoms with van der Waals surface area (Å²) < 4.78 is 0. The molecule has 1 aromatic carbocycles. The molecule has 1 aromatic heterocycles. The second-order valence-electron chi connectivity index (χ2n) is 5.28. The van der Waals surface area contributed by atoms with E-state index in [0.717, 1.165) is 35.6 Å². The van der Waals surface area contributed by atoms with Crippen molar-refractivity contribution < 1.29 is 5.11 Å². The number of hydrogen-bond acceptors (Lipinski definition) is 2. The summed E-state index contributed by atoms with van der Waals surface area (Å²) in [6.07, 6.45) is 6.50. The van der Waals surface area contributed by atoms with E-state index in [4.69, 9.17) is 0 Å². The van der Waals surface area contributed by atoms with E-state index in [9.17, 15) is 5.11 Å². The smallest absolute Gasteiger partial charge is 0.0905 e. The maximum absolute atomic E-state index is 10.8. The van der Waals surface area contributed by atoms with Gasteiger partial charge in [0.15, 0.2) is 0 Å². The number of aromatic nitrogens is 1. The van der Waals surface area contributed by atoms with Gasteiger partial charge >= 0.3 is 0 Å². The molecule has 0 radical (unpaired) electrons. The monoisotopic (exact) mass is 227 g/mol. The van der Waals surface area contributed by atoms with E-state index < -0.39 is 5.60 Å². The zero-order chi connectivity index (χ0) is 11.9. The lowest BCUT2D eigenvalue weighted by Crippen LogP contribution is -2.21. The van der Waals surface area contributed by atoms with Crippen molar-refractivity contribution in [3.8, 4) is 0 Å². The Morgan fingerprint density at radius 2 is 2.24 bits per heavy atom. The van der Waals surface area contributed by atoms with Crippen LogP contribution in [0.15, 0.2) is 36.7 Å². The van der Waals surface area contributed by atoms with Crippen LogP contribution in [0.25, 0.3) is 10.8 Å². The molecular formula is C15H17NO. The highest BCUT2D eigenvalue weighted by atomic mass is 16.3. The molecule has 0 amide bonds. The summed E-state index contributed by atoms with van der Waals surface area (Å²) in [6.45, 7) is 2.21. The average molecular weight is 227 g/mol. The third kappa shape index (κ3) is 1.73. The maximum Gasteiger partial charge on any atom is 0.0905 e. The van der Waals surface area contributed by atoms with Gasteiger partial charge in [-0.25, -0.2) is 0 Å². The minimum Gasteiger partial charge on any atom is -0.385 e. The molecule has 2 heteroatoms. The molecule has 0 saturated heterocycles. The topological polar surface area (TPSA) is 33.1 Å². The molecular weight excluding hydrogens is 210 g/mol. The molecule has 1 saturated carbocycles. The van der Waals surface area contributed by atoms with Crippen molar-refractivity contribution in [2.45, 2.75) is 31.8 Å². The Balaban J connectivity index is 2.17. The SMILES string of the molecule is CC1CCC(O)(c2cccc3ccncc23)C1. The number of aliphatic hydroxyl groups is 1. The minimum atomic E-state index is -0.651. The van der Waals surface area contributed by atoms with Gasteiger partial charge in [-0.15, -0.1) is 0 Å². The molecule has 2 aromatic rings. The Morgan fingerprint density at radius 1 is 1.35 bits per heavy atom. The molecule has 1 aliphatic carbocycles. The number of fused-ring (bicyclic) bond motifs is 1. The van der Waals surface area contributed by atoms with Crippen LogP contribution in [0, 0.1) is 5.92 Å². The minimum absolute atomic E-state index is 0.604. The van der Waals surface area contributed by atoms with Gasteiger partial charge in [-0.05, 0) is 42.2 Å². The van der Waals surface area contributed by atoms with E-state index in [2.05, 4.69) is 18.0 Å². The first-order chi connectivity index (χ1) is 8.19. The fraction of sp³-hybridized carbons (Fsp3) is 0.400. The zero-order valence-corrected chi connectivity index (χ0v) is 10.1. The number of rotatable bonds is 1. The van der Waals surface area contributed by atoms with Gasteiger partial charge in [-0.1, -0.05) is 25.1 Å². The van der Waals surface area contributed by atoms with Crippen LogP contribution in [0.1, 0.15) is 31.7 Å². The van der Waals surface area contributed by atoms with Gasteiger partial charge in [0.25, 0.3) is 0 Å².